The molecule has 0 aromatic rings. The molecule has 30 valence electrons. The fraction of sp³-hybridized carbons (Fsp3) is 0. The van der Waals surface area contributed by atoms with Gasteiger partial charge >= 0.3 is 89.2 Å². The summed E-state index contributed by atoms with van der Waals surface area (Å²) < 4.78 is 0. The second-order valence-electron chi connectivity index (χ2n) is 0.247. The third-order valence-corrected chi connectivity index (χ3v) is 0. The van der Waals surface area contributed by atoms with Gasteiger partial charge in [-0.1, -0.05) is 0 Å². The monoisotopic (exact) mass is 614 g/mol. The molecule has 0 fully saturated rings. The van der Waals surface area contributed by atoms with Gasteiger partial charge in [-0.15, -0.1) is 0 Å². The zero-order valence-corrected chi connectivity index (χ0v) is 11.5. The molecule has 0 spiro atoms. The Bertz CT molecular complexity index is 9.61. The SMILES string of the molecule is [I][In]([I])[I].[InH3]. The molecule has 0 nitrogen and oxygen atoms in total. The molecule has 0 amide bonds. The zero-order valence-electron chi connectivity index (χ0n) is 1.71. The van der Waals surface area contributed by atoms with Gasteiger partial charge in [0.15, 0.2) is 0 Å². The van der Waals surface area contributed by atoms with E-state index in [1.165, 1.54) is 0 Å². The number of halogens is 3. The van der Waals surface area contributed by atoms with E-state index in [9.17, 15) is 0 Å². The van der Waals surface area contributed by atoms with E-state index in [2.05, 4.69) is 54.4 Å². The predicted octanol–water partition coefficient (Wildman–Crippen LogP) is 1.09. The molecule has 0 aromatic heterocycles. The molecule has 0 aromatic carbocycles. The Morgan fingerprint density at radius 3 is 1.00 bits per heavy atom. The normalized spacial score (nSPS) is 5.40. The van der Waals surface area contributed by atoms with Crippen LogP contribution in [0.1, 0.15) is 0 Å². The van der Waals surface area contributed by atoms with E-state index in [1.54, 1.807) is 0 Å². The fourth-order valence-electron chi connectivity index (χ4n) is 0. The Balaban J connectivity index is 0. The van der Waals surface area contributed by atoms with Crippen LogP contribution in [0.5, 0.6) is 0 Å². The van der Waals surface area contributed by atoms with Crippen molar-refractivity contribution in [3.63, 3.8) is 0 Å². The topological polar surface area (TPSA) is 0 Å². The molecule has 0 aliphatic heterocycles. The van der Waals surface area contributed by atoms with Crippen molar-refractivity contribution in [3.05, 3.63) is 0 Å². The molecule has 0 saturated carbocycles. The first-order valence-electron chi connectivity index (χ1n) is 0.655. The van der Waals surface area contributed by atoms with E-state index in [0.717, 1.165) is 0 Å². The van der Waals surface area contributed by atoms with E-state index in [-0.39, 0.29) is 25.8 Å². The van der Waals surface area contributed by atoms with Crippen molar-refractivity contribution in [2.24, 2.45) is 0 Å². The third kappa shape index (κ3) is 18.1. The summed E-state index contributed by atoms with van der Waals surface area (Å²) in [6.45, 7) is 0. The first-order valence-corrected chi connectivity index (χ1v) is 29.5. The van der Waals surface area contributed by atoms with Crippen LogP contribution in [-0.4, -0.2) is 34.8 Å². The molecule has 5 heavy (non-hydrogen) atoms. The van der Waals surface area contributed by atoms with Gasteiger partial charge in [0.25, 0.3) is 0 Å². The summed E-state index contributed by atoms with van der Waals surface area (Å²) in [7, 11) is -0.727. The predicted molar refractivity (Wildman–Crippen MR) is 57.8 cm³/mol. The van der Waals surface area contributed by atoms with Crippen molar-refractivity contribution in [2.75, 3.05) is 0 Å². The quantitative estimate of drug-likeness (QED) is 0.360. The summed E-state index contributed by atoms with van der Waals surface area (Å²) >= 11 is 7.58. The standard InChI is InChI=1S/3HI.2In.3H/h3*1H;;;;;/q;;;;+3;;;/p-3. The van der Waals surface area contributed by atoms with Crippen molar-refractivity contribution in [1.82, 2.24) is 0 Å². The van der Waals surface area contributed by atoms with E-state index in [0.29, 0.717) is 0 Å². The van der Waals surface area contributed by atoms with E-state index in [1.807, 2.05) is 0 Å². The van der Waals surface area contributed by atoms with Gasteiger partial charge in [-0.2, -0.15) is 0 Å². The van der Waals surface area contributed by atoms with Crippen LogP contribution in [0.25, 0.3) is 0 Å². The molecule has 0 unspecified atom stereocenters. The first kappa shape index (κ1) is 11.7. The second kappa shape index (κ2) is 7.93. The van der Waals surface area contributed by atoms with Crippen molar-refractivity contribution in [1.29, 1.82) is 0 Å². The van der Waals surface area contributed by atoms with E-state index in [4.69, 9.17) is 0 Å². The molecule has 0 rings (SSSR count). The van der Waals surface area contributed by atoms with Gasteiger partial charge in [0, 0.05) is 0 Å². The number of hydrogen-bond donors (Lipinski definition) is 0. The van der Waals surface area contributed by atoms with E-state index < -0.39 is 8.97 Å². The van der Waals surface area contributed by atoms with Gasteiger partial charge in [0.1, 0.15) is 0 Å². The van der Waals surface area contributed by atoms with Crippen LogP contribution in [0.15, 0.2) is 0 Å². The first-order chi connectivity index (χ1) is 1.73. The van der Waals surface area contributed by atoms with Crippen LogP contribution < -0.4 is 0 Å². The minimum atomic E-state index is -0.727. The molecule has 0 saturated heterocycles. The minimum absolute atomic E-state index is 0. The molecular formula is H3I3In2. The van der Waals surface area contributed by atoms with Gasteiger partial charge < -0.3 is 0 Å². The Kier molecular flexibility index (Phi) is 18.5. The fourth-order valence-corrected chi connectivity index (χ4v) is 0. The average molecular weight is 613 g/mol. The Labute approximate surface area is 86.2 Å². The third-order valence-electron chi connectivity index (χ3n) is 0. The molecular weight excluding hydrogens is 610 g/mol. The molecule has 0 radical (unpaired) electrons. The summed E-state index contributed by atoms with van der Waals surface area (Å²) in [4.78, 5) is 0. The van der Waals surface area contributed by atoms with Crippen molar-refractivity contribution in [2.45, 2.75) is 0 Å². The molecule has 0 atom stereocenters. The molecule has 5 heteroatoms. The number of hydrogen-bond acceptors (Lipinski definition) is 0. The molecule has 0 aliphatic carbocycles. The van der Waals surface area contributed by atoms with Crippen LogP contribution in [-0.2, 0) is 0 Å². The van der Waals surface area contributed by atoms with Crippen molar-refractivity contribution in [3.8, 4) is 0 Å². The second-order valence-corrected chi connectivity index (χ2v) is 74.7. The summed E-state index contributed by atoms with van der Waals surface area (Å²) in [6.07, 6.45) is 0. The Morgan fingerprint density at radius 2 is 1.00 bits per heavy atom. The Morgan fingerprint density at radius 1 is 1.00 bits per heavy atom. The van der Waals surface area contributed by atoms with Crippen LogP contribution >= 0.6 is 54.4 Å². The van der Waals surface area contributed by atoms with Crippen molar-refractivity contribution < 1.29 is 0 Å². The maximum atomic E-state index is 2.53. The summed E-state index contributed by atoms with van der Waals surface area (Å²) in [5, 5.41) is 0. The van der Waals surface area contributed by atoms with Gasteiger partial charge in [-0.25, -0.2) is 0 Å². The summed E-state index contributed by atoms with van der Waals surface area (Å²) in [5.74, 6) is 0. The van der Waals surface area contributed by atoms with Crippen LogP contribution in [0.4, 0.5) is 0 Å². The summed E-state index contributed by atoms with van der Waals surface area (Å²) in [6, 6.07) is 0. The van der Waals surface area contributed by atoms with Crippen LogP contribution in [0, 0.1) is 0 Å². The van der Waals surface area contributed by atoms with Gasteiger partial charge in [-0.3, -0.25) is 0 Å². The molecule has 0 aliphatic rings. The Hall–Kier alpha value is 3.93. The number of rotatable bonds is 0. The molecule has 0 N–H and O–H groups in total. The van der Waals surface area contributed by atoms with Gasteiger partial charge in [-0.05, 0) is 0 Å². The zero-order chi connectivity index (χ0) is 3.58. The molecule has 0 heterocycles. The van der Waals surface area contributed by atoms with Crippen molar-refractivity contribution >= 4 is 89.2 Å². The van der Waals surface area contributed by atoms with Gasteiger partial charge in [0.2, 0.25) is 0 Å². The van der Waals surface area contributed by atoms with Gasteiger partial charge in [0.05, 0.1) is 0 Å². The molecule has 0 bridgehead atoms. The van der Waals surface area contributed by atoms with Crippen LogP contribution in [0.3, 0.4) is 0 Å². The van der Waals surface area contributed by atoms with Crippen LogP contribution in [0.2, 0.25) is 0 Å². The maximum absolute atomic E-state index is 2.53. The summed E-state index contributed by atoms with van der Waals surface area (Å²) in [5.41, 5.74) is 0. The van der Waals surface area contributed by atoms with E-state index >= 15 is 0 Å². The average Bonchev–Trinajstić information content (AvgIpc) is 0.811.